The molecule has 3 N–H and O–H groups in total. The van der Waals surface area contributed by atoms with Gasteiger partial charge in [-0.2, -0.15) is 0 Å². The highest BCUT2D eigenvalue weighted by molar-refractivity contribution is 9.10. The zero-order chi connectivity index (χ0) is 18.6. The number of halogens is 1. The monoisotopic (exact) mass is 410 g/mol. The van der Waals surface area contributed by atoms with Crippen LogP contribution in [0.3, 0.4) is 0 Å². The van der Waals surface area contributed by atoms with Gasteiger partial charge < -0.3 is 25.2 Å². The number of carbonyl (C=O) groups excluding carboxylic acids is 2. The zero-order valence-corrected chi connectivity index (χ0v) is 15.6. The Bertz CT molecular complexity index is 758. The van der Waals surface area contributed by atoms with Crippen LogP contribution in [0, 0.1) is 0 Å². The van der Waals surface area contributed by atoms with E-state index in [2.05, 4.69) is 26.6 Å². The van der Waals surface area contributed by atoms with Crippen molar-refractivity contribution in [1.82, 2.24) is 10.6 Å². The van der Waals surface area contributed by atoms with E-state index >= 15 is 0 Å². The van der Waals surface area contributed by atoms with Crippen molar-refractivity contribution in [3.8, 4) is 11.5 Å². The number of ether oxygens (including phenoxy) is 2. The van der Waals surface area contributed by atoms with Crippen molar-refractivity contribution in [1.29, 1.82) is 0 Å². The van der Waals surface area contributed by atoms with E-state index in [0.29, 0.717) is 15.7 Å². The number of allylic oxidation sites excluding steroid dienone is 2. The average molecular weight is 411 g/mol. The topological polar surface area (TPSA) is 96.9 Å². The summed E-state index contributed by atoms with van der Waals surface area (Å²) in [5, 5.41) is 15.2. The lowest BCUT2D eigenvalue weighted by Gasteiger charge is -2.28. The lowest BCUT2D eigenvalue weighted by molar-refractivity contribution is -0.138. The second kappa shape index (κ2) is 8.06. The lowest BCUT2D eigenvalue weighted by Crippen LogP contribution is -2.45. The molecule has 134 valence electrons. The standard InChI is InChI=1S/C17H19BrN2O5/c1-4-5-6-25-16(22)13-9(2)19-17(23)20-14(13)10-7-11(18)15(21)12(8-10)24-3/h4-5,7-8,14,21H,6H2,1-3H3,(H2,19,20,23). The number of methoxy groups -OCH3 is 1. The number of benzene rings is 1. The third-order valence-electron chi connectivity index (χ3n) is 3.64. The summed E-state index contributed by atoms with van der Waals surface area (Å²) < 4.78 is 10.7. The van der Waals surface area contributed by atoms with Crippen molar-refractivity contribution >= 4 is 27.9 Å². The van der Waals surface area contributed by atoms with E-state index in [9.17, 15) is 14.7 Å². The van der Waals surface area contributed by atoms with Gasteiger partial charge in [-0.3, -0.25) is 0 Å². The molecule has 1 aromatic carbocycles. The molecule has 2 rings (SSSR count). The molecule has 1 heterocycles. The number of esters is 1. The molecule has 0 aromatic heterocycles. The summed E-state index contributed by atoms with van der Waals surface area (Å²) in [6, 6.07) is 2.00. The van der Waals surface area contributed by atoms with E-state index in [0.717, 1.165) is 0 Å². The first-order chi connectivity index (χ1) is 11.9. The summed E-state index contributed by atoms with van der Waals surface area (Å²) in [4.78, 5) is 24.4. The first kappa shape index (κ1) is 18.9. The van der Waals surface area contributed by atoms with E-state index in [-0.39, 0.29) is 23.7 Å². The molecule has 0 bridgehead atoms. The van der Waals surface area contributed by atoms with E-state index in [1.807, 2.05) is 6.92 Å². The van der Waals surface area contributed by atoms with Gasteiger partial charge in [0, 0.05) is 5.70 Å². The smallest absolute Gasteiger partial charge is 0.338 e. The number of nitrogens with one attached hydrogen (secondary N) is 2. The van der Waals surface area contributed by atoms with Gasteiger partial charge in [0.25, 0.3) is 0 Å². The van der Waals surface area contributed by atoms with E-state index in [4.69, 9.17) is 9.47 Å². The molecular weight excluding hydrogens is 392 g/mol. The fraction of sp³-hybridized carbons (Fsp3) is 0.294. The maximum absolute atomic E-state index is 12.5. The van der Waals surface area contributed by atoms with E-state index in [1.54, 1.807) is 31.2 Å². The van der Waals surface area contributed by atoms with Crippen LogP contribution >= 0.6 is 15.9 Å². The first-order valence-electron chi connectivity index (χ1n) is 7.52. The minimum Gasteiger partial charge on any atom is -0.503 e. The number of urea groups is 1. The number of amides is 2. The van der Waals surface area contributed by atoms with Crippen LogP contribution in [0.1, 0.15) is 25.5 Å². The number of aromatic hydroxyl groups is 1. The molecule has 0 aliphatic carbocycles. The molecule has 1 aliphatic rings. The Hall–Kier alpha value is -2.48. The summed E-state index contributed by atoms with van der Waals surface area (Å²) in [5.41, 5.74) is 1.25. The molecular formula is C17H19BrN2O5. The van der Waals surface area contributed by atoms with Gasteiger partial charge in [-0.1, -0.05) is 12.2 Å². The molecule has 0 saturated heterocycles. The molecule has 0 radical (unpaired) electrons. The maximum atomic E-state index is 12.5. The van der Waals surface area contributed by atoms with Crippen molar-refractivity contribution in [2.45, 2.75) is 19.9 Å². The highest BCUT2D eigenvalue weighted by Gasteiger charge is 2.33. The second-order valence-electron chi connectivity index (χ2n) is 5.29. The number of carbonyl (C=O) groups is 2. The summed E-state index contributed by atoms with van der Waals surface area (Å²) in [5.74, 6) is -0.392. The van der Waals surface area contributed by atoms with Crippen molar-refractivity contribution in [2.75, 3.05) is 13.7 Å². The minimum atomic E-state index is -0.738. The van der Waals surface area contributed by atoms with Gasteiger partial charge in [0.05, 0.1) is 23.2 Å². The van der Waals surface area contributed by atoms with Gasteiger partial charge in [0.1, 0.15) is 6.61 Å². The number of hydrogen-bond acceptors (Lipinski definition) is 5. The van der Waals surface area contributed by atoms with Crippen LogP contribution in [0.25, 0.3) is 0 Å². The van der Waals surface area contributed by atoms with Crippen LogP contribution in [0.4, 0.5) is 4.79 Å². The van der Waals surface area contributed by atoms with Crippen LogP contribution in [-0.4, -0.2) is 30.8 Å². The van der Waals surface area contributed by atoms with Crippen molar-refractivity contribution in [3.05, 3.63) is 45.6 Å². The molecule has 1 unspecified atom stereocenters. The number of phenolic OH excluding ortho intramolecular Hbond substituents is 1. The third kappa shape index (κ3) is 4.14. The number of hydrogen-bond donors (Lipinski definition) is 3. The fourth-order valence-corrected chi connectivity index (χ4v) is 2.89. The van der Waals surface area contributed by atoms with Crippen LogP contribution in [0.15, 0.2) is 40.0 Å². The van der Waals surface area contributed by atoms with Gasteiger partial charge in [0.15, 0.2) is 11.5 Å². The summed E-state index contributed by atoms with van der Waals surface area (Å²) in [6.45, 7) is 3.59. The Balaban J connectivity index is 2.45. The molecule has 7 nitrogen and oxygen atoms in total. The molecule has 25 heavy (non-hydrogen) atoms. The van der Waals surface area contributed by atoms with Crippen LogP contribution in [0.2, 0.25) is 0 Å². The summed E-state index contributed by atoms with van der Waals surface area (Å²) in [7, 11) is 1.42. The lowest BCUT2D eigenvalue weighted by atomic mass is 9.95. The Morgan fingerprint density at radius 2 is 2.16 bits per heavy atom. The Morgan fingerprint density at radius 1 is 1.44 bits per heavy atom. The first-order valence-corrected chi connectivity index (χ1v) is 8.31. The molecule has 2 amide bonds. The van der Waals surface area contributed by atoms with Gasteiger partial charge in [-0.15, -0.1) is 0 Å². The molecule has 0 saturated carbocycles. The number of rotatable bonds is 5. The van der Waals surface area contributed by atoms with Crippen LogP contribution < -0.4 is 15.4 Å². The van der Waals surface area contributed by atoms with Crippen molar-refractivity contribution in [3.63, 3.8) is 0 Å². The third-order valence-corrected chi connectivity index (χ3v) is 4.24. The Kier molecular flexibility index (Phi) is 6.08. The van der Waals surface area contributed by atoms with Gasteiger partial charge in [-0.05, 0) is 47.5 Å². The Labute approximate surface area is 153 Å². The molecule has 1 atom stereocenters. The summed E-state index contributed by atoms with van der Waals surface area (Å²) in [6.07, 6.45) is 3.48. The van der Waals surface area contributed by atoms with Gasteiger partial charge in [-0.25, -0.2) is 9.59 Å². The molecule has 1 aliphatic heterocycles. The normalized spacial score (nSPS) is 17.3. The molecule has 8 heteroatoms. The second-order valence-corrected chi connectivity index (χ2v) is 6.15. The molecule has 1 aromatic rings. The number of phenols is 1. The quantitative estimate of drug-likeness (QED) is 0.512. The van der Waals surface area contributed by atoms with Crippen LogP contribution in [-0.2, 0) is 9.53 Å². The minimum absolute atomic E-state index is 0.0653. The van der Waals surface area contributed by atoms with Gasteiger partial charge in [0.2, 0.25) is 0 Å². The highest BCUT2D eigenvalue weighted by Crippen LogP contribution is 2.39. The van der Waals surface area contributed by atoms with Crippen molar-refractivity contribution < 1.29 is 24.2 Å². The SMILES string of the molecule is CC=CCOC(=O)C1=C(C)NC(=O)NC1c1cc(Br)c(O)c(OC)c1. The van der Waals surface area contributed by atoms with E-state index in [1.165, 1.54) is 7.11 Å². The average Bonchev–Trinajstić information content (AvgIpc) is 2.56. The van der Waals surface area contributed by atoms with Gasteiger partial charge >= 0.3 is 12.0 Å². The Morgan fingerprint density at radius 3 is 2.80 bits per heavy atom. The van der Waals surface area contributed by atoms with Crippen molar-refractivity contribution in [2.24, 2.45) is 0 Å². The van der Waals surface area contributed by atoms with E-state index < -0.39 is 18.0 Å². The summed E-state index contributed by atoms with van der Waals surface area (Å²) >= 11 is 3.24. The predicted octanol–water partition coefficient (Wildman–Crippen LogP) is 2.91. The van der Waals surface area contributed by atoms with Crippen LogP contribution in [0.5, 0.6) is 11.5 Å². The maximum Gasteiger partial charge on any atom is 0.338 e. The predicted molar refractivity (Wildman–Crippen MR) is 95.2 cm³/mol. The highest BCUT2D eigenvalue weighted by atomic mass is 79.9. The molecule has 0 fully saturated rings. The molecule has 0 spiro atoms. The largest absolute Gasteiger partial charge is 0.503 e. The fourth-order valence-electron chi connectivity index (χ4n) is 2.43. The zero-order valence-electron chi connectivity index (χ0n) is 14.1.